The normalized spacial score (nSPS) is 10.5. The molecule has 0 aliphatic heterocycles. The van der Waals surface area contributed by atoms with E-state index in [2.05, 4.69) is 25.8 Å². The van der Waals surface area contributed by atoms with Gasteiger partial charge in [-0.2, -0.15) is 0 Å². The number of anilines is 2. The monoisotopic (exact) mass is 367 g/mol. The van der Waals surface area contributed by atoms with Gasteiger partial charge in [0, 0.05) is 18.7 Å². The summed E-state index contributed by atoms with van der Waals surface area (Å²) < 4.78 is 10.2. The molecule has 0 bridgehead atoms. The third-order valence-electron chi connectivity index (χ3n) is 3.79. The minimum Gasteiger partial charge on any atom is -0.497 e. The van der Waals surface area contributed by atoms with Crippen molar-refractivity contribution in [3.8, 4) is 5.75 Å². The van der Waals surface area contributed by atoms with Crippen LogP contribution in [-0.4, -0.2) is 34.7 Å². The number of nitrogens with zero attached hydrogens (tertiary/aromatic N) is 3. The number of carbonyl (C=O) groups excluding carboxylic acids is 1. The Bertz CT molecular complexity index is 939. The minimum atomic E-state index is -0.371. The van der Waals surface area contributed by atoms with Gasteiger partial charge in [-0.25, -0.2) is 9.97 Å². The van der Waals surface area contributed by atoms with Crippen LogP contribution in [-0.2, 0) is 6.42 Å². The molecule has 1 aromatic carbocycles. The summed E-state index contributed by atoms with van der Waals surface area (Å²) >= 11 is 0. The van der Waals surface area contributed by atoms with Gasteiger partial charge in [0.25, 0.3) is 5.91 Å². The number of aromatic nitrogens is 3. The van der Waals surface area contributed by atoms with E-state index in [1.165, 1.54) is 0 Å². The third-order valence-corrected chi connectivity index (χ3v) is 3.79. The smallest absolute Gasteiger partial charge is 0.275 e. The van der Waals surface area contributed by atoms with Crippen molar-refractivity contribution in [1.82, 2.24) is 15.1 Å². The van der Waals surface area contributed by atoms with Crippen molar-refractivity contribution < 1.29 is 14.1 Å². The van der Waals surface area contributed by atoms with Gasteiger partial charge in [0.2, 0.25) is 0 Å². The highest BCUT2D eigenvalue weighted by Crippen LogP contribution is 2.14. The van der Waals surface area contributed by atoms with Crippen molar-refractivity contribution in [2.24, 2.45) is 0 Å². The molecule has 2 N–H and O–H groups in total. The largest absolute Gasteiger partial charge is 0.497 e. The van der Waals surface area contributed by atoms with E-state index in [4.69, 9.17) is 9.26 Å². The molecule has 3 aromatic rings. The van der Waals surface area contributed by atoms with E-state index in [9.17, 15) is 4.79 Å². The van der Waals surface area contributed by atoms with E-state index in [-0.39, 0.29) is 11.6 Å². The summed E-state index contributed by atoms with van der Waals surface area (Å²) in [5.41, 5.74) is 1.40. The first-order valence-electron chi connectivity index (χ1n) is 8.50. The van der Waals surface area contributed by atoms with E-state index in [0.29, 0.717) is 29.8 Å². The Hall–Kier alpha value is -3.42. The van der Waals surface area contributed by atoms with E-state index >= 15 is 0 Å². The van der Waals surface area contributed by atoms with Crippen LogP contribution < -0.4 is 15.4 Å². The zero-order valence-electron chi connectivity index (χ0n) is 15.4. The summed E-state index contributed by atoms with van der Waals surface area (Å²) in [6, 6.07) is 11.1. The predicted octanol–water partition coefficient (Wildman–Crippen LogP) is 3.00. The standard InChI is InChI=1S/C19H21N5O3/c1-12-9-18(24-27-12)23-19(25)16-11-17(22-13(2)21-16)20-8-7-14-5-4-6-15(10-14)26-3/h4-6,9-11H,7-8H2,1-3H3,(H,20,21,22)(H,23,24,25). The second-order valence-electron chi connectivity index (χ2n) is 5.99. The van der Waals surface area contributed by atoms with Crippen LogP contribution in [0.3, 0.4) is 0 Å². The second-order valence-corrected chi connectivity index (χ2v) is 5.99. The Morgan fingerprint density at radius 1 is 1.15 bits per heavy atom. The second kappa shape index (κ2) is 8.31. The number of rotatable bonds is 7. The first kappa shape index (κ1) is 18.4. The van der Waals surface area contributed by atoms with Crippen LogP contribution in [0.2, 0.25) is 0 Å². The van der Waals surface area contributed by atoms with Crippen molar-refractivity contribution >= 4 is 17.5 Å². The number of hydrogen-bond acceptors (Lipinski definition) is 7. The molecule has 0 saturated heterocycles. The quantitative estimate of drug-likeness (QED) is 0.662. The maximum Gasteiger partial charge on any atom is 0.275 e. The highest BCUT2D eigenvalue weighted by molar-refractivity contribution is 6.02. The molecule has 2 aromatic heterocycles. The highest BCUT2D eigenvalue weighted by Gasteiger charge is 2.13. The van der Waals surface area contributed by atoms with Gasteiger partial charge in [0.15, 0.2) is 5.82 Å². The van der Waals surface area contributed by atoms with Crippen LogP contribution in [0.4, 0.5) is 11.6 Å². The summed E-state index contributed by atoms with van der Waals surface area (Å²) in [4.78, 5) is 20.9. The lowest BCUT2D eigenvalue weighted by atomic mass is 10.1. The zero-order chi connectivity index (χ0) is 19.2. The third kappa shape index (κ3) is 5.04. The number of amides is 1. The van der Waals surface area contributed by atoms with Crippen molar-refractivity contribution in [2.75, 3.05) is 24.3 Å². The predicted molar refractivity (Wildman–Crippen MR) is 101 cm³/mol. The first-order valence-corrected chi connectivity index (χ1v) is 8.50. The molecule has 2 heterocycles. The Morgan fingerprint density at radius 3 is 2.74 bits per heavy atom. The number of methoxy groups -OCH3 is 1. The summed E-state index contributed by atoms with van der Waals surface area (Å²) in [6.07, 6.45) is 0.792. The number of benzene rings is 1. The van der Waals surface area contributed by atoms with Crippen LogP contribution in [0.15, 0.2) is 40.9 Å². The molecule has 0 radical (unpaired) electrons. The van der Waals surface area contributed by atoms with Gasteiger partial charge in [-0.3, -0.25) is 4.79 Å². The number of hydrogen-bond donors (Lipinski definition) is 2. The van der Waals surface area contributed by atoms with E-state index in [0.717, 1.165) is 17.7 Å². The van der Waals surface area contributed by atoms with E-state index in [1.807, 2.05) is 24.3 Å². The Labute approximate surface area is 157 Å². The van der Waals surface area contributed by atoms with Crippen LogP contribution in [0.25, 0.3) is 0 Å². The molecule has 0 spiro atoms. The molecule has 0 unspecified atom stereocenters. The maximum atomic E-state index is 12.4. The molecule has 8 nitrogen and oxygen atoms in total. The number of carbonyl (C=O) groups is 1. The SMILES string of the molecule is COc1cccc(CCNc2cc(C(=O)Nc3cc(C)on3)nc(C)n2)c1. The lowest BCUT2D eigenvalue weighted by Crippen LogP contribution is -2.16. The molecule has 1 amide bonds. The van der Waals surface area contributed by atoms with Crippen molar-refractivity contribution in [3.05, 3.63) is 59.2 Å². The summed E-state index contributed by atoms with van der Waals surface area (Å²) in [7, 11) is 1.65. The summed E-state index contributed by atoms with van der Waals surface area (Å²) in [5.74, 6) is 2.51. The van der Waals surface area contributed by atoms with E-state index in [1.54, 1.807) is 33.1 Å². The molecular formula is C19H21N5O3. The van der Waals surface area contributed by atoms with Crippen molar-refractivity contribution in [2.45, 2.75) is 20.3 Å². The molecule has 0 aliphatic carbocycles. The fourth-order valence-corrected chi connectivity index (χ4v) is 2.54. The molecule has 3 rings (SSSR count). The van der Waals surface area contributed by atoms with Gasteiger partial charge in [0.1, 0.15) is 28.8 Å². The number of aryl methyl sites for hydroxylation is 2. The average molecular weight is 367 g/mol. The summed E-state index contributed by atoms with van der Waals surface area (Å²) in [6.45, 7) is 4.15. The lowest BCUT2D eigenvalue weighted by molar-refractivity contribution is 0.102. The first-order chi connectivity index (χ1) is 13.0. The Balaban J connectivity index is 1.63. The molecule has 0 atom stereocenters. The van der Waals surface area contributed by atoms with Gasteiger partial charge in [-0.15, -0.1) is 0 Å². The maximum absolute atomic E-state index is 12.4. The van der Waals surface area contributed by atoms with Crippen LogP contribution in [0.1, 0.15) is 27.6 Å². The van der Waals surface area contributed by atoms with Gasteiger partial charge in [0.05, 0.1) is 7.11 Å². The molecule has 0 fully saturated rings. The minimum absolute atomic E-state index is 0.257. The fraction of sp³-hybridized carbons (Fsp3) is 0.263. The van der Waals surface area contributed by atoms with Gasteiger partial charge < -0.3 is 19.9 Å². The molecule has 0 saturated carbocycles. The van der Waals surface area contributed by atoms with E-state index < -0.39 is 0 Å². The van der Waals surface area contributed by atoms with Crippen LogP contribution >= 0.6 is 0 Å². The zero-order valence-corrected chi connectivity index (χ0v) is 15.4. The number of ether oxygens (including phenoxy) is 1. The van der Waals surface area contributed by atoms with Gasteiger partial charge >= 0.3 is 0 Å². The highest BCUT2D eigenvalue weighted by atomic mass is 16.5. The summed E-state index contributed by atoms with van der Waals surface area (Å²) in [5, 5.41) is 9.63. The molecule has 27 heavy (non-hydrogen) atoms. The lowest BCUT2D eigenvalue weighted by Gasteiger charge is -2.09. The van der Waals surface area contributed by atoms with Crippen LogP contribution in [0.5, 0.6) is 5.75 Å². The molecule has 8 heteroatoms. The molecule has 140 valence electrons. The van der Waals surface area contributed by atoms with Crippen LogP contribution in [0, 0.1) is 13.8 Å². The fourth-order valence-electron chi connectivity index (χ4n) is 2.54. The Morgan fingerprint density at radius 2 is 2.00 bits per heavy atom. The van der Waals surface area contributed by atoms with Crippen molar-refractivity contribution in [3.63, 3.8) is 0 Å². The van der Waals surface area contributed by atoms with Gasteiger partial charge in [-0.05, 0) is 38.0 Å². The van der Waals surface area contributed by atoms with Crippen molar-refractivity contribution in [1.29, 1.82) is 0 Å². The number of nitrogens with one attached hydrogen (secondary N) is 2. The topological polar surface area (TPSA) is 102 Å². The molecule has 0 aliphatic rings. The Kier molecular flexibility index (Phi) is 5.65. The van der Waals surface area contributed by atoms with Gasteiger partial charge in [-0.1, -0.05) is 17.3 Å². The average Bonchev–Trinajstić information content (AvgIpc) is 3.06. The molecular weight excluding hydrogens is 346 g/mol.